The van der Waals surface area contributed by atoms with Crippen LogP contribution in [-0.4, -0.2) is 4.98 Å². The van der Waals surface area contributed by atoms with Gasteiger partial charge in [0.1, 0.15) is 0 Å². The van der Waals surface area contributed by atoms with E-state index in [9.17, 15) is 4.79 Å². The zero-order valence-electron chi connectivity index (χ0n) is 11.6. The predicted molar refractivity (Wildman–Crippen MR) is 87.5 cm³/mol. The fourth-order valence-corrected chi connectivity index (χ4v) is 2.46. The van der Waals surface area contributed by atoms with Crippen molar-refractivity contribution in [2.75, 3.05) is 5.32 Å². The molecule has 3 aromatic carbocycles. The van der Waals surface area contributed by atoms with Gasteiger partial charge in [-0.05, 0) is 35.0 Å². The minimum atomic E-state index is -0.395. The Morgan fingerprint density at radius 2 is 1.64 bits per heavy atom. The van der Waals surface area contributed by atoms with E-state index in [1.54, 1.807) is 18.2 Å². The third kappa shape index (κ3) is 2.20. The van der Waals surface area contributed by atoms with E-state index in [0.717, 1.165) is 16.5 Å². The van der Waals surface area contributed by atoms with E-state index >= 15 is 0 Å². The van der Waals surface area contributed by atoms with Crippen molar-refractivity contribution in [2.45, 2.75) is 0 Å². The molecule has 1 aromatic heterocycles. The van der Waals surface area contributed by atoms with E-state index in [2.05, 4.69) is 10.3 Å². The van der Waals surface area contributed by atoms with Gasteiger partial charge in [-0.1, -0.05) is 42.5 Å². The Morgan fingerprint density at radius 1 is 0.864 bits per heavy atom. The molecule has 4 aromatic rings. The molecule has 0 aliphatic carbocycles. The maximum Gasteiger partial charge on any atom is 0.348 e. The van der Waals surface area contributed by atoms with Crippen molar-refractivity contribution in [3.05, 3.63) is 77.2 Å². The average Bonchev–Trinajstić information content (AvgIpc) is 2.55. The summed E-state index contributed by atoms with van der Waals surface area (Å²) in [6.45, 7) is 0. The smallest absolute Gasteiger partial charge is 0.348 e. The maximum atomic E-state index is 12.0. The second-order valence-corrected chi connectivity index (χ2v) is 5.01. The normalized spacial score (nSPS) is 10.9. The summed E-state index contributed by atoms with van der Waals surface area (Å²) in [4.78, 5) is 16.3. The highest BCUT2D eigenvalue weighted by Crippen LogP contribution is 2.21. The standard InChI is InChI=1S/C18H12N2O2/c21-17-15-7-3-4-8-16(15)20-18(22-17)19-14-10-9-12-5-1-2-6-13(12)11-14/h1-11H,(H,19,20). The molecule has 0 fully saturated rings. The summed E-state index contributed by atoms with van der Waals surface area (Å²) in [5, 5.41) is 5.79. The highest BCUT2D eigenvalue weighted by atomic mass is 16.4. The molecule has 0 saturated heterocycles. The van der Waals surface area contributed by atoms with Gasteiger partial charge in [-0.25, -0.2) is 4.79 Å². The van der Waals surface area contributed by atoms with E-state index in [1.807, 2.05) is 48.5 Å². The van der Waals surface area contributed by atoms with Gasteiger partial charge >= 0.3 is 11.6 Å². The minimum Gasteiger partial charge on any atom is -0.388 e. The molecule has 1 heterocycles. The number of para-hydroxylation sites is 1. The maximum absolute atomic E-state index is 12.0. The third-order valence-electron chi connectivity index (χ3n) is 3.54. The van der Waals surface area contributed by atoms with Crippen LogP contribution in [0.4, 0.5) is 11.7 Å². The molecule has 0 radical (unpaired) electrons. The van der Waals surface area contributed by atoms with Crippen molar-refractivity contribution in [1.82, 2.24) is 4.98 Å². The van der Waals surface area contributed by atoms with Crippen LogP contribution >= 0.6 is 0 Å². The van der Waals surface area contributed by atoms with Gasteiger partial charge in [0.25, 0.3) is 0 Å². The molecule has 1 N–H and O–H groups in total. The first-order valence-corrected chi connectivity index (χ1v) is 6.95. The number of rotatable bonds is 2. The van der Waals surface area contributed by atoms with Crippen LogP contribution in [0, 0.1) is 0 Å². The van der Waals surface area contributed by atoms with E-state index in [-0.39, 0.29) is 6.01 Å². The van der Waals surface area contributed by atoms with E-state index in [4.69, 9.17) is 4.42 Å². The highest BCUT2D eigenvalue weighted by Gasteiger charge is 2.06. The third-order valence-corrected chi connectivity index (χ3v) is 3.54. The molecule has 0 unspecified atom stereocenters. The number of anilines is 2. The second-order valence-electron chi connectivity index (χ2n) is 5.01. The van der Waals surface area contributed by atoms with Gasteiger partial charge in [0, 0.05) is 5.69 Å². The van der Waals surface area contributed by atoms with Crippen molar-refractivity contribution in [2.24, 2.45) is 0 Å². The molecule has 0 bridgehead atoms. The molecule has 0 spiro atoms. The second kappa shape index (κ2) is 5.00. The lowest BCUT2D eigenvalue weighted by Gasteiger charge is -2.06. The zero-order chi connectivity index (χ0) is 14.9. The first kappa shape index (κ1) is 12.6. The van der Waals surface area contributed by atoms with Crippen LogP contribution in [0.1, 0.15) is 0 Å². The number of aromatic nitrogens is 1. The van der Waals surface area contributed by atoms with Gasteiger partial charge in [-0.15, -0.1) is 0 Å². The summed E-state index contributed by atoms with van der Waals surface area (Å²) >= 11 is 0. The molecule has 4 nitrogen and oxygen atoms in total. The molecule has 106 valence electrons. The SMILES string of the molecule is O=c1oc(Nc2ccc3ccccc3c2)nc2ccccc12. The molecule has 0 saturated carbocycles. The van der Waals surface area contributed by atoms with Gasteiger partial charge in [-0.3, -0.25) is 0 Å². The first-order chi connectivity index (χ1) is 10.8. The number of fused-ring (bicyclic) bond motifs is 2. The fraction of sp³-hybridized carbons (Fsp3) is 0. The Hall–Kier alpha value is -3.14. The molecule has 4 heteroatoms. The molecule has 0 aliphatic heterocycles. The van der Waals surface area contributed by atoms with Crippen LogP contribution in [0.25, 0.3) is 21.7 Å². The average molecular weight is 288 g/mol. The lowest BCUT2D eigenvalue weighted by atomic mass is 10.1. The summed E-state index contributed by atoms with van der Waals surface area (Å²) in [6.07, 6.45) is 0. The predicted octanol–water partition coefficient (Wildman–Crippen LogP) is 4.08. The van der Waals surface area contributed by atoms with Crippen LogP contribution in [0.3, 0.4) is 0 Å². The van der Waals surface area contributed by atoms with Crippen molar-refractivity contribution in [1.29, 1.82) is 0 Å². The molecule has 0 atom stereocenters. The monoisotopic (exact) mass is 288 g/mol. The topological polar surface area (TPSA) is 55.1 Å². The summed E-state index contributed by atoms with van der Waals surface area (Å²) in [5.41, 5.74) is 1.04. The van der Waals surface area contributed by atoms with Crippen LogP contribution < -0.4 is 10.9 Å². The van der Waals surface area contributed by atoms with Crippen LogP contribution in [0.5, 0.6) is 0 Å². The van der Waals surface area contributed by atoms with Gasteiger partial charge in [0.15, 0.2) is 0 Å². The van der Waals surface area contributed by atoms with Crippen LogP contribution in [0.15, 0.2) is 75.9 Å². The van der Waals surface area contributed by atoms with Gasteiger partial charge in [0.05, 0.1) is 10.9 Å². The molecule has 4 rings (SSSR count). The quantitative estimate of drug-likeness (QED) is 0.603. The van der Waals surface area contributed by atoms with Crippen molar-refractivity contribution < 1.29 is 4.42 Å². The fourth-order valence-electron chi connectivity index (χ4n) is 2.46. The van der Waals surface area contributed by atoms with E-state index in [0.29, 0.717) is 10.9 Å². The Balaban J connectivity index is 1.77. The van der Waals surface area contributed by atoms with E-state index < -0.39 is 5.63 Å². The summed E-state index contributed by atoms with van der Waals surface area (Å²) in [5.74, 6) is 0. The van der Waals surface area contributed by atoms with Gasteiger partial charge in [-0.2, -0.15) is 4.98 Å². The molecular weight excluding hydrogens is 276 g/mol. The number of hydrogen-bond donors (Lipinski definition) is 1. The lowest BCUT2D eigenvalue weighted by Crippen LogP contribution is -2.04. The van der Waals surface area contributed by atoms with Gasteiger partial charge in [0.2, 0.25) is 0 Å². The van der Waals surface area contributed by atoms with Crippen molar-refractivity contribution in [3.63, 3.8) is 0 Å². The highest BCUT2D eigenvalue weighted by molar-refractivity contribution is 5.86. The number of nitrogens with one attached hydrogen (secondary N) is 1. The Bertz CT molecular complexity index is 1040. The molecule has 22 heavy (non-hydrogen) atoms. The van der Waals surface area contributed by atoms with E-state index in [1.165, 1.54) is 0 Å². The molecule has 0 aliphatic rings. The first-order valence-electron chi connectivity index (χ1n) is 6.95. The van der Waals surface area contributed by atoms with Crippen LogP contribution in [-0.2, 0) is 0 Å². The number of nitrogens with zero attached hydrogens (tertiary/aromatic N) is 1. The van der Waals surface area contributed by atoms with Gasteiger partial charge < -0.3 is 9.73 Å². The summed E-state index contributed by atoms with van der Waals surface area (Å²) in [7, 11) is 0. The summed E-state index contributed by atoms with van der Waals surface area (Å²) in [6, 6.07) is 21.3. The Labute approximate surface area is 126 Å². The van der Waals surface area contributed by atoms with Crippen LogP contribution in [0.2, 0.25) is 0 Å². The Kier molecular flexibility index (Phi) is 2.86. The minimum absolute atomic E-state index is 0.194. The lowest BCUT2D eigenvalue weighted by molar-refractivity contribution is 0.522. The number of hydrogen-bond acceptors (Lipinski definition) is 4. The molecular formula is C18H12N2O2. The summed E-state index contributed by atoms with van der Waals surface area (Å²) < 4.78 is 5.23. The van der Waals surface area contributed by atoms with Crippen molar-refractivity contribution >= 4 is 33.4 Å². The Morgan fingerprint density at radius 3 is 2.55 bits per heavy atom. The number of benzene rings is 3. The molecule has 0 amide bonds. The largest absolute Gasteiger partial charge is 0.388 e. The van der Waals surface area contributed by atoms with Crippen molar-refractivity contribution in [3.8, 4) is 0 Å². The zero-order valence-corrected chi connectivity index (χ0v) is 11.6.